The number of piperidine rings is 1. The molecule has 2 amide bonds. The minimum Gasteiger partial charge on any atom is -0.393 e. The Kier molecular flexibility index (Phi) is 6.86. The summed E-state index contributed by atoms with van der Waals surface area (Å²) >= 11 is 0. The van der Waals surface area contributed by atoms with Crippen molar-refractivity contribution in [3.8, 4) is 0 Å². The average molecular weight is 319 g/mol. The Hall–Kier alpha value is -1.59. The summed E-state index contributed by atoms with van der Waals surface area (Å²) < 4.78 is 0. The molecule has 2 rings (SSSR count). The lowest BCUT2D eigenvalue weighted by Crippen LogP contribution is -2.48. The molecular weight excluding hydrogens is 290 g/mol. The van der Waals surface area contributed by atoms with E-state index in [2.05, 4.69) is 34.5 Å². The summed E-state index contributed by atoms with van der Waals surface area (Å²) in [5, 5.41) is 12.4. The van der Waals surface area contributed by atoms with Crippen molar-refractivity contribution >= 4 is 6.03 Å². The smallest absolute Gasteiger partial charge is 0.317 e. The monoisotopic (exact) mass is 319 g/mol. The molecule has 0 spiro atoms. The van der Waals surface area contributed by atoms with Crippen LogP contribution in [-0.4, -0.2) is 59.8 Å². The number of nitrogens with zero attached hydrogens (tertiary/aromatic N) is 2. The number of rotatable bonds is 6. The maximum Gasteiger partial charge on any atom is 0.317 e. The van der Waals surface area contributed by atoms with E-state index in [1.807, 2.05) is 6.07 Å². The van der Waals surface area contributed by atoms with E-state index in [-0.39, 0.29) is 18.2 Å². The van der Waals surface area contributed by atoms with Crippen LogP contribution in [0.25, 0.3) is 0 Å². The molecule has 0 radical (unpaired) electrons. The first-order valence-corrected chi connectivity index (χ1v) is 8.50. The first kappa shape index (κ1) is 17.8. The van der Waals surface area contributed by atoms with Gasteiger partial charge in [-0.25, -0.2) is 4.79 Å². The molecule has 1 saturated heterocycles. The van der Waals surface area contributed by atoms with Crippen LogP contribution in [0.4, 0.5) is 4.79 Å². The molecule has 1 heterocycles. The molecule has 0 aromatic heterocycles. The van der Waals surface area contributed by atoms with Crippen molar-refractivity contribution < 1.29 is 9.90 Å². The largest absolute Gasteiger partial charge is 0.393 e. The summed E-state index contributed by atoms with van der Waals surface area (Å²) in [6.07, 6.45) is 2.22. The highest BCUT2D eigenvalue weighted by atomic mass is 16.3. The van der Waals surface area contributed by atoms with Gasteiger partial charge in [-0.15, -0.1) is 0 Å². The maximum absolute atomic E-state index is 12.1. The zero-order chi connectivity index (χ0) is 16.7. The minimum absolute atomic E-state index is 0.0350. The van der Waals surface area contributed by atoms with Gasteiger partial charge in [-0.05, 0) is 31.7 Å². The number of likely N-dealkylation sites (tertiary alicyclic amines) is 1. The lowest BCUT2D eigenvalue weighted by Gasteiger charge is -2.33. The third-order valence-corrected chi connectivity index (χ3v) is 4.39. The van der Waals surface area contributed by atoms with Gasteiger partial charge in [-0.3, -0.25) is 4.90 Å². The number of nitrogens with one attached hydrogen (secondary N) is 1. The molecule has 128 valence electrons. The molecule has 5 heteroatoms. The van der Waals surface area contributed by atoms with Crippen LogP contribution in [0.1, 0.15) is 31.7 Å². The van der Waals surface area contributed by atoms with Crippen LogP contribution in [-0.2, 0) is 6.54 Å². The third-order valence-electron chi connectivity index (χ3n) is 4.39. The summed E-state index contributed by atoms with van der Waals surface area (Å²) in [4.78, 5) is 16.2. The highest BCUT2D eigenvalue weighted by Gasteiger charge is 2.21. The molecule has 0 bridgehead atoms. The molecule has 0 saturated carbocycles. The van der Waals surface area contributed by atoms with E-state index in [1.165, 1.54) is 5.56 Å². The van der Waals surface area contributed by atoms with E-state index < -0.39 is 0 Å². The molecule has 5 nitrogen and oxygen atoms in total. The summed E-state index contributed by atoms with van der Waals surface area (Å²) in [7, 11) is 1.78. The second-order valence-electron chi connectivity index (χ2n) is 6.54. The van der Waals surface area contributed by atoms with Crippen molar-refractivity contribution in [1.82, 2.24) is 15.1 Å². The molecular formula is C18H29N3O2. The van der Waals surface area contributed by atoms with Gasteiger partial charge in [-0.1, -0.05) is 30.3 Å². The number of aliphatic hydroxyl groups excluding tert-OH is 1. The molecule has 23 heavy (non-hydrogen) atoms. The first-order chi connectivity index (χ1) is 11.0. The van der Waals surface area contributed by atoms with Crippen molar-refractivity contribution in [2.75, 3.05) is 26.7 Å². The second kappa shape index (κ2) is 8.89. The molecule has 1 aliphatic rings. The highest BCUT2D eigenvalue weighted by Crippen LogP contribution is 2.14. The Morgan fingerprint density at radius 3 is 2.61 bits per heavy atom. The van der Waals surface area contributed by atoms with Crippen LogP contribution in [0, 0.1) is 0 Å². The number of urea groups is 1. The predicted octanol–water partition coefficient (Wildman–Crippen LogP) is 2.06. The number of hydrogen-bond acceptors (Lipinski definition) is 3. The molecule has 1 aromatic rings. The zero-order valence-electron chi connectivity index (χ0n) is 14.2. The fourth-order valence-corrected chi connectivity index (χ4v) is 2.84. The van der Waals surface area contributed by atoms with E-state index in [9.17, 15) is 9.90 Å². The van der Waals surface area contributed by atoms with Gasteiger partial charge < -0.3 is 15.3 Å². The van der Waals surface area contributed by atoms with Crippen LogP contribution in [0.5, 0.6) is 0 Å². The standard InChI is InChI=1S/C18H29N3O2/c1-15(22)8-11-20(2)18(23)19-17-9-12-21(13-10-17)14-16-6-4-3-5-7-16/h3-7,15,17,22H,8-14H2,1-2H3,(H,19,23). The molecule has 1 unspecified atom stereocenters. The van der Waals surface area contributed by atoms with E-state index >= 15 is 0 Å². The van der Waals surface area contributed by atoms with Crippen molar-refractivity contribution in [1.29, 1.82) is 0 Å². The van der Waals surface area contributed by atoms with Gasteiger partial charge in [-0.2, -0.15) is 0 Å². The Labute approximate surface area is 139 Å². The van der Waals surface area contributed by atoms with E-state index in [4.69, 9.17) is 0 Å². The van der Waals surface area contributed by atoms with E-state index in [1.54, 1.807) is 18.9 Å². The zero-order valence-corrected chi connectivity index (χ0v) is 14.2. The van der Waals surface area contributed by atoms with E-state index in [0.717, 1.165) is 32.5 Å². The Morgan fingerprint density at radius 1 is 1.35 bits per heavy atom. The number of amides is 2. The highest BCUT2D eigenvalue weighted by molar-refractivity contribution is 5.74. The quantitative estimate of drug-likeness (QED) is 0.844. The van der Waals surface area contributed by atoms with Crippen LogP contribution < -0.4 is 5.32 Å². The number of carbonyl (C=O) groups is 1. The fourth-order valence-electron chi connectivity index (χ4n) is 2.84. The van der Waals surface area contributed by atoms with Crippen molar-refractivity contribution in [3.63, 3.8) is 0 Å². The SMILES string of the molecule is CC(O)CCN(C)C(=O)NC1CCN(Cc2ccccc2)CC1. The summed E-state index contributed by atoms with van der Waals surface area (Å²) in [5.41, 5.74) is 1.34. The Balaban J connectivity index is 1.69. The van der Waals surface area contributed by atoms with Gasteiger partial charge >= 0.3 is 6.03 Å². The molecule has 1 aromatic carbocycles. The van der Waals surface area contributed by atoms with E-state index in [0.29, 0.717) is 13.0 Å². The number of benzene rings is 1. The average Bonchev–Trinajstić information content (AvgIpc) is 2.55. The van der Waals surface area contributed by atoms with Crippen LogP contribution in [0.15, 0.2) is 30.3 Å². The van der Waals surface area contributed by atoms with Crippen molar-refractivity contribution in [2.45, 2.75) is 44.9 Å². The lowest BCUT2D eigenvalue weighted by atomic mass is 10.0. The van der Waals surface area contributed by atoms with Crippen molar-refractivity contribution in [2.24, 2.45) is 0 Å². The normalized spacial score (nSPS) is 17.7. The van der Waals surface area contributed by atoms with Gasteiger partial charge in [0.15, 0.2) is 0 Å². The third kappa shape index (κ3) is 6.20. The van der Waals surface area contributed by atoms with Gasteiger partial charge in [0.2, 0.25) is 0 Å². The molecule has 1 atom stereocenters. The summed E-state index contributed by atoms with van der Waals surface area (Å²) in [6, 6.07) is 10.7. The number of aliphatic hydroxyl groups is 1. The van der Waals surface area contributed by atoms with Crippen LogP contribution in [0.2, 0.25) is 0 Å². The van der Waals surface area contributed by atoms with Gasteiger partial charge in [0.05, 0.1) is 6.10 Å². The van der Waals surface area contributed by atoms with Crippen LogP contribution in [0.3, 0.4) is 0 Å². The van der Waals surface area contributed by atoms with Crippen molar-refractivity contribution in [3.05, 3.63) is 35.9 Å². The Bertz CT molecular complexity index is 470. The van der Waals surface area contributed by atoms with Gasteiger partial charge in [0.25, 0.3) is 0 Å². The topological polar surface area (TPSA) is 55.8 Å². The second-order valence-corrected chi connectivity index (χ2v) is 6.54. The minimum atomic E-state index is -0.369. The van der Waals surface area contributed by atoms with Crippen LogP contribution >= 0.6 is 0 Å². The Morgan fingerprint density at radius 2 is 2.00 bits per heavy atom. The molecule has 2 N–H and O–H groups in total. The summed E-state index contributed by atoms with van der Waals surface area (Å²) in [5.74, 6) is 0. The lowest BCUT2D eigenvalue weighted by molar-refractivity contribution is 0.155. The predicted molar refractivity (Wildman–Crippen MR) is 92.2 cm³/mol. The molecule has 0 aliphatic carbocycles. The summed E-state index contributed by atoms with van der Waals surface area (Å²) in [6.45, 7) is 5.33. The van der Waals surface area contributed by atoms with Gasteiger partial charge in [0, 0.05) is 39.3 Å². The van der Waals surface area contributed by atoms with Gasteiger partial charge in [0.1, 0.15) is 0 Å². The fraction of sp³-hybridized carbons (Fsp3) is 0.611. The first-order valence-electron chi connectivity index (χ1n) is 8.50. The molecule has 1 fully saturated rings. The number of hydrogen-bond donors (Lipinski definition) is 2. The molecule has 1 aliphatic heterocycles. The number of carbonyl (C=O) groups excluding carboxylic acids is 1. The maximum atomic E-state index is 12.1.